The van der Waals surface area contributed by atoms with Gasteiger partial charge in [-0.25, -0.2) is 13.5 Å². The second-order valence-electron chi connectivity index (χ2n) is 5.45. The highest BCUT2D eigenvalue weighted by atomic mass is 19.1. The summed E-state index contributed by atoms with van der Waals surface area (Å²) in [7, 11) is 0. The normalized spacial score (nSPS) is 12.7. The number of amides is 1. The molecule has 9 heteroatoms. The van der Waals surface area contributed by atoms with Gasteiger partial charge in [-0.1, -0.05) is 5.21 Å². The Hall–Kier alpha value is -3.49. The van der Waals surface area contributed by atoms with Crippen LogP contribution in [-0.4, -0.2) is 34.1 Å². The molecule has 0 aliphatic carbocycles. The quantitative estimate of drug-likeness (QED) is 0.779. The number of fused-ring (bicyclic) bond motifs is 1. The molecule has 4 rings (SSSR count). The fourth-order valence-corrected chi connectivity index (χ4v) is 2.45. The van der Waals surface area contributed by atoms with Crippen molar-refractivity contribution in [3.05, 3.63) is 59.9 Å². The summed E-state index contributed by atoms with van der Waals surface area (Å²) in [4.78, 5) is 12.2. The molecule has 7 nitrogen and oxygen atoms in total. The number of rotatable bonds is 3. The molecule has 1 aliphatic heterocycles. The van der Waals surface area contributed by atoms with Crippen molar-refractivity contribution in [1.82, 2.24) is 15.0 Å². The number of hydrogen-bond donors (Lipinski definition) is 1. The minimum atomic E-state index is -0.877. The average Bonchev–Trinajstić information content (AvgIpc) is 3.14. The molecule has 1 amide bonds. The molecule has 0 saturated heterocycles. The summed E-state index contributed by atoms with van der Waals surface area (Å²) in [5, 5.41) is 10.00. The van der Waals surface area contributed by atoms with Gasteiger partial charge < -0.3 is 14.8 Å². The topological polar surface area (TPSA) is 78.3 Å². The van der Waals surface area contributed by atoms with Crippen molar-refractivity contribution >= 4 is 11.6 Å². The van der Waals surface area contributed by atoms with Crippen LogP contribution >= 0.6 is 0 Å². The van der Waals surface area contributed by atoms with Crippen molar-refractivity contribution in [3.8, 4) is 17.2 Å². The molecule has 0 spiro atoms. The van der Waals surface area contributed by atoms with Crippen LogP contribution in [0.5, 0.6) is 11.5 Å². The van der Waals surface area contributed by atoms with Gasteiger partial charge >= 0.3 is 0 Å². The lowest BCUT2D eigenvalue weighted by atomic mass is 10.2. The van der Waals surface area contributed by atoms with Crippen LogP contribution < -0.4 is 14.8 Å². The van der Waals surface area contributed by atoms with Gasteiger partial charge in [0.2, 0.25) is 0 Å². The van der Waals surface area contributed by atoms with Crippen LogP contribution in [0.1, 0.15) is 10.5 Å². The first-order valence-electron chi connectivity index (χ1n) is 7.69. The second kappa shape index (κ2) is 6.43. The number of carbonyl (C=O) groups excluding carboxylic acids is 1. The van der Waals surface area contributed by atoms with Crippen molar-refractivity contribution in [2.24, 2.45) is 0 Å². The number of nitrogens with one attached hydrogen (secondary N) is 1. The van der Waals surface area contributed by atoms with E-state index in [4.69, 9.17) is 9.47 Å². The van der Waals surface area contributed by atoms with E-state index in [0.717, 1.165) is 12.1 Å². The van der Waals surface area contributed by atoms with Gasteiger partial charge in [0, 0.05) is 12.1 Å². The Labute approximate surface area is 146 Å². The minimum Gasteiger partial charge on any atom is -0.486 e. The van der Waals surface area contributed by atoms with Gasteiger partial charge in [0.25, 0.3) is 5.91 Å². The van der Waals surface area contributed by atoms with Crippen molar-refractivity contribution < 1.29 is 23.0 Å². The van der Waals surface area contributed by atoms with Gasteiger partial charge in [0.1, 0.15) is 24.8 Å². The third kappa shape index (κ3) is 3.06. The van der Waals surface area contributed by atoms with Crippen LogP contribution in [0.25, 0.3) is 5.69 Å². The van der Waals surface area contributed by atoms with E-state index in [0.29, 0.717) is 36.5 Å². The van der Waals surface area contributed by atoms with Crippen molar-refractivity contribution in [1.29, 1.82) is 0 Å². The third-order valence-electron chi connectivity index (χ3n) is 3.70. The Kier molecular flexibility index (Phi) is 3.96. The molecule has 2 aromatic carbocycles. The van der Waals surface area contributed by atoms with E-state index in [9.17, 15) is 13.6 Å². The van der Waals surface area contributed by atoms with Crippen LogP contribution in [-0.2, 0) is 0 Å². The van der Waals surface area contributed by atoms with Crippen LogP contribution in [0.2, 0.25) is 0 Å². The van der Waals surface area contributed by atoms with Gasteiger partial charge in [0.05, 0.1) is 17.6 Å². The molecule has 0 fully saturated rings. The van der Waals surface area contributed by atoms with Gasteiger partial charge in [-0.15, -0.1) is 5.10 Å². The zero-order valence-electron chi connectivity index (χ0n) is 13.3. The highest BCUT2D eigenvalue weighted by Crippen LogP contribution is 2.31. The van der Waals surface area contributed by atoms with E-state index < -0.39 is 17.5 Å². The summed E-state index contributed by atoms with van der Waals surface area (Å²) in [5.74, 6) is -1.07. The van der Waals surface area contributed by atoms with Crippen LogP contribution in [0.15, 0.2) is 42.6 Å². The first-order valence-corrected chi connectivity index (χ1v) is 7.69. The fourth-order valence-electron chi connectivity index (χ4n) is 2.45. The van der Waals surface area contributed by atoms with E-state index >= 15 is 0 Å². The molecule has 0 atom stereocenters. The molecule has 2 heterocycles. The fraction of sp³-hybridized carbons (Fsp3) is 0.118. The molecular weight excluding hydrogens is 346 g/mol. The number of aromatic nitrogens is 3. The molecular formula is C17H12F2N4O3. The van der Waals surface area contributed by atoms with Crippen LogP contribution in [0, 0.1) is 11.6 Å². The molecule has 1 aromatic heterocycles. The predicted molar refractivity (Wildman–Crippen MR) is 86.7 cm³/mol. The lowest BCUT2D eigenvalue weighted by Gasteiger charge is -2.18. The summed E-state index contributed by atoms with van der Waals surface area (Å²) in [6, 6.07) is 8.05. The Balaban J connectivity index is 1.55. The highest BCUT2D eigenvalue weighted by Gasteiger charge is 2.16. The molecule has 1 aliphatic rings. The highest BCUT2D eigenvalue weighted by molar-refractivity contribution is 6.02. The minimum absolute atomic E-state index is 0.0244. The standard InChI is InChI=1S/C17H12F2N4O3/c18-10-1-3-13(12(19)7-10)20-17(24)14-9-23(22-21-14)11-2-4-15-16(8-11)26-6-5-25-15/h1-4,7-9H,5-6H2,(H,20,24). The molecule has 0 bridgehead atoms. The third-order valence-corrected chi connectivity index (χ3v) is 3.70. The molecule has 26 heavy (non-hydrogen) atoms. The second-order valence-corrected chi connectivity index (χ2v) is 5.45. The lowest BCUT2D eigenvalue weighted by molar-refractivity contribution is 0.102. The Bertz CT molecular complexity index is 990. The molecule has 3 aromatic rings. The summed E-state index contributed by atoms with van der Waals surface area (Å²) in [6.07, 6.45) is 1.39. The lowest BCUT2D eigenvalue weighted by Crippen LogP contribution is -2.15. The number of carbonyl (C=O) groups is 1. The maximum Gasteiger partial charge on any atom is 0.277 e. The van der Waals surface area contributed by atoms with Crippen molar-refractivity contribution in [2.75, 3.05) is 18.5 Å². The number of benzene rings is 2. The van der Waals surface area contributed by atoms with E-state index in [1.165, 1.54) is 10.9 Å². The van der Waals surface area contributed by atoms with E-state index in [2.05, 4.69) is 15.6 Å². The summed E-state index contributed by atoms with van der Waals surface area (Å²) in [5.41, 5.74) is 0.447. The molecule has 132 valence electrons. The van der Waals surface area contributed by atoms with Crippen LogP contribution in [0.3, 0.4) is 0 Å². The maximum atomic E-state index is 13.6. The number of anilines is 1. The van der Waals surface area contributed by atoms with E-state index in [1.807, 2.05) is 0 Å². The molecule has 0 saturated carbocycles. The Morgan fingerprint density at radius 2 is 1.88 bits per heavy atom. The number of halogens is 2. The molecule has 0 radical (unpaired) electrons. The number of ether oxygens (including phenoxy) is 2. The van der Waals surface area contributed by atoms with E-state index in [-0.39, 0.29) is 11.4 Å². The maximum absolute atomic E-state index is 13.6. The van der Waals surface area contributed by atoms with Gasteiger partial charge in [-0.05, 0) is 24.3 Å². The van der Waals surface area contributed by atoms with Crippen molar-refractivity contribution in [2.45, 2.75) is 0 Å². The SMILES string of the molecule is O=C(Nc1ccc(F)cc1F)c1cn(-c2ccc3c(c2)OCCO3)nn1. The first-order chi connectivity index (χ1) is 12.6. The summed E-state index contributed by atoms with van der Waals surface area (Å²) in [6.45, 7) is 0.935. The molecule has 0 unspecified atom stereocenters. The largest absolute Gasteiger partial charge is 0.486 e. The Morgan fingerprint density at radius 1 is 1.08 bits per heavy atom. The summed E-state index contributed by atoms with van der Waals surface area (Å²) >= 11 is 0. The average molecular weight is 358 g/mol. The van der Waals surface area contributed by atoms with Crippen LogP contribution in [0.4, 0.5) is 14.5 Å². The van der Waals surface area contributed by atoms with Gasteiger partial charge in [0.15, 0.2) is 17.2 Å². The smallest absolute Gasteiger partial charge is 0.277 e. The number of hydrogen-bond acceptors (Lipinski definition) is 5. The summed E-state index contributed by atoms with van der Waals surface area (Å²) < 4.78 is 38.9. The first kappa shape index (κ1) is 16.0. The monoisotopic (exact) mass is 358 g/mol. The van der Waals surface area contributed by atoms with Crippen molar-refractivity contribution in [3.63, 3.8) is 0 Å². The van der Waals surface area contributed by atoms with Gasteiger partial charge in [-0.3, -0.25) is 4.79 Å². The number of nitrogens with zero attached hydrogens (tertiary/aromatic N) is 3. The predicted octanol–water partition coefficient (Wildman–Crippen LogP) is 2.57. The Morgan fingerprint density at radius 3 is 2.69 bits per heavy atom. The molecule has 1 N–H and O–H groups in total. The van der Waals surface area contributed by atoms with E-state index in [1.54, 1.807) is 18.2 Å². The zero-order valence-corrected chi connectivity index (χ0v) is 13.3. The zero-order chi connectivity index (χ0) is 18.1. The van der Waals surface area contributed by atoms with Gasteiger partial charge in [-0.2, -0.15) is 0 Å².